The number of hydrogen-bond donors (Lipinski definition) is 1. The standard InChI is InChI=1S/C15H27BrN4/c1-5-17-14(13-12(16)11-18-19(13)4)15(2,3)20-9-7-6-8-10-20/h11,14,17H,5-10H2,1-4H3. The molecule has 1 atom stereocenters. The first-order valence-corrected chi connectivity index (χ1v) is 8.43. The smallest absolute Gasteiger partial charge is 0.0711 e. The molecular weight excluding hydrogens is 316 g/mol. The minimum Gasteiger partial charge on any atom is -0.307 e. The van der Waals surface area contributed by atoms with Gasteiger partial charge in [0.15, 0.2) is 0 Å². The molecule has 1 aromatic heterocycles. The second-order valence-corrected chi connectivity index (χ2v) is 7.05. The Hall–Kier alpha value is -0.390. The molecular formula is C15H27BrN4. The molecule has 0 bridgehead atoms. The Morgan fingerprint density at radius 2 is 2.00 bits per heavy atom. The number of aryl methyl sites for hydroxylation is 1. The van der Waals surface area contributed by atoms with Gasteiger partial charge in [-0.25, -0.2) is 0 Å². The number of nitrogens with zero attached hydrogens (tertiary/aromatic N) is 3. The number of nitrogens with one attached hydrogen (secondary N) is 1. The Kier molecular flexibility index (Phi) is 5.26. The Labute approximate surface area is 131 Å². The van der Waals surface area contributed by atoms with Crippen LogP contribution in [0.15, 0.2) is 10.7 Å². The molecule has 0 amide bonds. The monoisotopic (exact) mass is 342 g/mol. The first-order valence-electron chi connectivity index (χ1n) is 7.64. The molecule has 0 saturated carbocycles. The quantitative estimate of drug-likeness (QED) is 0.892. The highest BCUT2D eigenvalue weighted by molar-refractivity contribution is 9.10. The van der Waals surface area contributed by atoms with Crippen LogP contribution in [0.3, 0.4) is 0 Å². The van der Waals surface area contributed by atoms with Crippen molar-refractivity contribution in [3.05, 3.63) is 16.4 Å². The summed E-state index contributed by atoms with van der Waals surface area (Å²) in [5.74, 6) is 0. The highest BCUT2D eigenvalue weighted by atomic mass is 79.9. The maximum absolute atomic E-state index is 4.39. The van der Waals surface area contributed by atoms with Crippen LogP contribution in [0.1, 0.15) is 51.8 Å². The van der Waals surface area contributed by atoms with Gasteiger partial charge in [-0.05, 0) is 62.3 Å². The summed E-state index contributed by atoms with van der Waals surface area (Å²) in [5.41, 5.74) is 1.31. The van der Waals surface area contributed by atoms with Gasteiger partial charge in [0.25, 0.3) is 0 Å². The summed E-state index contributed by atoms with van der Waals surface area (Å²) in [6.07, 6.45) is 5.89. The van der Waals surface area contributed by atoms with Gasteiger partial charge in [-0.2, -0.15) is 5.10 Å². The molecule has 0 aliphatic carbocycles. The molecule has 1 N–H and O–H groups in total. The lowest BCUT2D eigenvalue weighted by Gasteiger charge is -2.46. The van der Waals surface area contributed by atoms with Crippen molar-refractivity contribution in [1.82, 2.24) is 20.0 Å². The molecule has 20 heavy (non-hydrogen) atoms. The molecule has 2 rings (SSSR count). The summed E-state index contributed by atoms with van der Waals surface area (Å²) in [7, 11) is 2.02. The molecule has 1 fully saturated rings. The van der Waals surface area contributed by atoms with Gasteiger partial charge in [-0.15, -0.1) is 0 Å². The fraction of sp³-hybridized carbons (Fsp3) is 0.800. The first-order chi connectivity index (χ1) is 9.48. The highest BCUT2D eigenvalue weighted by Crippen LogP contribution is 2.35. The van der Waals surface area contributed by atoms with E-state index in [4.69, 9.17) is 0 Å². The summed E-state index contributed by atoms with van der Waals surface area (Å²) in [5, 5.41) is 8.06. The molecule has 1 saturated heterocycles. The number of likely N-dealkylation sites (tertiary alicyclic amines) is 1. The third-order valence-electron chi connectivity index (χ3n) is 4.50. The van der Waals surface area contributed by atoms with Crippen LogP contribution in [0.4, 0.5) is 0 Å². The zero-order chi connectivity index (χ0) is 14.8. The molecule has 0 aromatic carbocycles. The number of halogens is 1. The summed E-state index contributed by atoms with van der Waals surface area (Å²) < 4.78 is 3.08. The Morgan fingerprint density at radius 3 is 2.50 bits per heavy atom. The average Bonchev–Trinajstić information content (AvgIpc) is 2.76. The lowest BCUT2D eigenvalue weighted by molar-refractivity contribution is 0.0585. The molecule has 1 aromatic rings. The molecule has 1 aliphatic rings. The normalized spacial score (nSPS) is 19.2. The zero-order valence-corrected chi connectivity index (χ0v) is 14.7. The van der Waals surface area contributed by atoms with Gasteiger partial charge in [-0.1, -0.05) is 13.3 Å². The maximum Gasteiger partial charge on any atom is 0.0711 e. The molecule has 4 nitrogen and oxygen atoms in total. The van der Waals surface area contributed by atoms with Crippen molar-refractivity contribution in [3.8, 4) is 0 Å². The van der Waals surface area contributed by atoms with E-state index in [-0.39, 0.29) is 11.6 Å². The number of rotatable bonds is 5. The average molecular weight is 343 g/mol. The SMILES string of the molecule is CCNC(c1c(Br)cnn1C)C(C)(C)N1CCCCC1. The van der Waals surface area contributed by atoms with E-state index < -0.39 is 0 Å². The molecule has 5 heteroatoms. The Morgan fingerprint density at radius 1 is 1.35 bits per heavy atom. The summed E-state index contributed by atoms with van der Waals surface area (Å²) >= 11 is 3.66. The summed E-state index contributed by atoms with van der Waals surface area (Å²) in [4.78, 5) is 2.63. The van der Waals surface area contributed by atoms with Crippen molar-refractivity contribution >= 4 is 15.9 Å². The highest BCUT2D eigenvalue weighted by Gasteiger charge is 2.38. The second-order valence-electron chi connectivity index (χ2n) is 6.19. The number of likely N-dealkylation sites (N-methyl/N-ethyl adjacent to an activating group) is 1. The van der Waals surface area contributed by atoms with E-state index in [9.17, 15) is 0 Å². The molecule has 0 radical (unpaired) electrons. The van der Waals surface area contributed by atoms with Crippen LogP contribution in [0, 0.1) is 0 Å². The van der Waals surface area contributed by atoms with Gasteiger partial charge in [0.2, 0.25) is 0 Å². The lowest BCUT2D eigenvalue weighted by atomic mass is 9.88. The van der Waals surface area contributed by atoms with E-state index in [1.165, 1.54) is 38.0 Å². The molecule has 1 aliphatic heterocycles. The van der Waals surface area contributed by atoms with Crippen LogP contribution in [0.25, 0.3) is 0 Å². The number of hydrogen-bond acceptors (Lipinski definition) is 3. The van der Waals surface area contributed by atoms with Gasteiger partial charge in [-0.3, -0.25) is 9.58 Å². The third kappa shape index (κ3) is 3.10. The van der Waals surface area contributed by atoms with Gasteiger partial charge in [0.05, 0.1) is 22.4 Å². The fourth-order valence-electron chi connectivity index (χ4n) is 3.28. The van der Waals surface area contributed by atoms with E-state index in [2.05, 4.69) is 52.0 Å². The van der Waals surface area contributed by atoms with Crippen LogP contribution in [0.2, 0.25) is 0 Å². The molecule has 114 valence electrons. The van der Waals surface area contributed by atoms with Crippen LogP contribution in [0.5, 0.6) is 0 Å². The van der Waals surface area contributed by atoms with E-state index in [0.29, 0.717) is 0 Å². The minimum absolute atomic E-state index is 0.0761. The van der Waals surface area contributed by atoms with E-state index in [1.807, 2.05) is 17.9 Å². The van der Waals surface area contributed by atoms with Crippen molar-refractivity contribution in [1.29, 1.82) is 0 Å². The van der Waals surface area contributed by atoms with Crippen LogP contribution in [-0.4, -0.2) is 39.9 Å². The predicted molar refractivity (Wildman–Crippen MR) is 86.8 cm³/mol. The first kappa shape index (κ1) is 16.0. The van der Waals surface area contributed by atoms with E-state index >= 15 is 0 Å². The number of piperidine rings is 1. The molecule has 1 unspecified atom stereocenters. The lowest BCUT2D eigenvalue weighted by Crippen LogP contribution is -2.54. The fourth-order valence-corrected chi connectivity index (χ4v) is 3.86. The van der Waals surface area contributed by atoms with Crippen molar-refractivity contribution in [2.75, 3.05) is 19.6 Å². The summed E-state index contributed by atoms with van der Waals surface area (Å²) in [6, 6.07) is 0.271. The van der Waals surface area contributed by atoms with Crippen molar-refractivity contribution in [2.24, 2.45) is 7.05 Å². The van der Waals surface area contributed by atoms with Gasteiger partial charge >= 0.3 is 0 Å². The minimum atomic E-state index is 0.0761. The largest absolute Gasteiger partial charge is 0.307 e. The maximum atomic E-state index is 4.39. The van der Waals surface area contributed by atoms with Gasteiger partial charge in [0.1, 0.15) is 0 Å². The van der Waals surface area contributed by atoms with Crippen LogP contribution >= 0.6 is 15.9 Å². The molecule has 2 heterocycles. The van der Waals surface area contributed by atoms with Gasteiger partial charge in [0, 0.05) is 12.6 Å². The zero-order valence-electron chi connectivity index (χ0n) is 13.1. The van der Waals surface area contributed by atoms with Crippen LogP contribution < -0.4 is 5.32 Å². The van der Waals surface area contributed by atoms with Crippen molar-refractivity contribution in [2.45, 2.75) is 51.6 Å². The van der Waals surface area contributed by atoms with E-state index in [1.54, 1.807) is 0 Å². The topological polar surface area (TPSA) is 33.1 Å². The predicted octanol–water partition coefficient (Wildman–Crippen LogP) is 3.10. The summed E-state index contributed by atoms with van der Waals surface area (Å²) in [6.45, 7) is 10.2. The Bertz CT molecular complexity index is 416. The van der Waals surface area contributed by atoms with Crippen LogP contribution in [-0.2, 0) is 7.05 Å². The van der Waals surface area contributed by atoms with Crippen molar-refractivity contribution in [3.63, 3.8) is 0 Å². The second kappa shape index (κ2) is 6.58. The molecule has 0 spiro atoms. The third-order valence-corrected chi connectivity index (χ3v) is 5.11. The van der Waals surface area contributed by atoms with E-state index in [0.717, 1.165) is 11.0 Å². The van der Waals surface area contributed by atoms with Crippen molar-refractivity contribution < 1.29 is 0 Å². The van der Waals surface area contributed by atoms with Gasteiger partial charge < -0.3 is 5.32 Å². The Balaban J connectivity index is 2.31. The number of aromatic nitrogens is 2.